The topological polar surface area (TPSA) is 76.1 Å². The summed E-state index contributed by atoms with van der Waals surface area (Å²) < 4.78 is 17.2. The number of methoxy groups -OCH3 is 1. The molecule has 4 heterocycles. The number of fused-ring (bicyclic) bond motifs is 4. The van der Waals surface area contributed by atoms with Gasteiger partial charge in [-0.15, -0.1) is 0 Å². The maximum atomic E-state index is 12.5. The molecule has 6 rings (SSSR count). The van der Waals surface area contributed by atoms with Crippen LogP contribution in [0.5, 0.6) is 11.5 Å². The summed E-state index contributed by atoms with van der Waals surface area (Å²) in [6.45, 7) is 9.55. The molecule has 0 radical (unpaired) electrons. The Morgan fingerprint density at radius 3 is 2.64 bits per heavy atom. The molecule has 0 spiro atoms. The third-order valence-corrected chi connectivity index (χ3v) is 7.86. The van der Waals surface area contributed by atoms with Crippen LogP contribution in [-0.2, 0) is 14.4 Å². The minimum absolute atomic E-state index is 0.0277. The molecular formula is C30H36N4O5. The van der Waals surface area contributed by atoms with Crippen LogP contribution < -0.4 is 14.4 Å². The van der Waals surface area contributed by atoms with Crippen LogP contribution >= 0.6 is 0 Å². The molecule has 1 fully saturated rings. The maximum Gasteiger partial charge on any atom is 0.253 e. The molecule has 9 nitrogen and oxygen atoms in total. The second-order valence-electron chi connectivity index (χ2n) is 10.7. The number of piperazine rings is 1. The fourth-order valence-corrected chi connectivity index (χ4v) is 5.86. The number of hydrogen-bond acceptors (Lipinski definition) is 8. The Balaban J connectivity index is 1.06. The number of rotatable bonds is 7. The zero-order chi connectivity index (χ0) is 26.8. The van der Waals surface area contributed by atoms with Crippen molar-refractivity contribution in [2.75, 3.05) is 77.6 Å². The highest BCUT2D eigenvalue weighted by molar-refractivity contribution is 6.08. The van der Waals surface area contributed by atoms with Gasteiger partial charge >= 0.3 is 0 Å². The van der Waals surface area contributed by atoms with Crippen LogP contribution in [-0.4, -0.2) is 100 Å². The van der Waals surface area contributed by atoms with E-state index in [1.54, 1.807) is 4.90 Å². The van der Waals surface area contributed by atoms with Gasteiger partial charge in [-0.3, -0.25) is 14.6 Å². The molecule has 39 heavy (non-hydrogen) atoms. The Labute approximate surface area is 229 Å². The molecule has 0 aliphatic carbocycles. The number of ether oxygens (including phenoxy) is 3. The quantitative estimate of drug-likeness (QED) is 0.543. The van der Waals surface area contributed by atoms with Crippen molar-refractivity contribution in [3.8, 4) is 11.5 Å². The fourth-order valence-electron chi connectivity index (χ4n) is 5.86. The number of carbonyl (C=O) groups excluding carboxylic acids is 1. The normalized spacial score (nSPS) is 23.1. The number of amides is 1. The van der Waals surface area contributed by atoms with Crippen LogP contribution in [0, 0.1) is 5.92 Å². The molecule has 2 unspecified atom stereocenters. The Bertz CT molecular complexity index is 1260. The molecule has 1 amide bonds. The lowest BCUT2D eigenvalue weighted by Gasteiger charge is -2.37. The monoisotopic (exact) mass is 532 g/mol. The molecule has 0 bridgehead atoms. The van der Waals surface area contributed by atoms with Crippen LogP contribution in [0.4, 0.5) is 5.69 Å². The summed E-state index contributed by atoms with van der Waals surface area (Å²) in [5.74, 6) is 1.34. The molecule has 206 valence electrons. The lowest BCUT2D eigenvalue weighted by Crippen LogP contribution is -2.50. The van der Waals surface area contributed by atoms with Gasteiger partial charge in [0.15, 0.2) is 6.10 Å². The van der Waals surface area contributed by atoms with E-state index < -0.39 is 0 Å². The first-order chi connectivity index (χ1) is 19.1. The summed E-state index contributed by atoms with van der Waals surface area (Å²) in [5.41, 5.74) is 5.14. The summed E-state index contributed by atoms with van der Waals surface area (Å²) in [7, 11) is 1.52. The summed E-state index contributed by atoms with van der Waals surface area (Å²) in [6.07, 6.45) is 2.23. The van der Waals surface area contributed by atoms with Crippen LogP contribution in [0.25, 0.3) is 6.08 Å². The second-order valence-corrected chi connectivity index (χ2v) is 10.7. The van der Waals surface area contributed by atoms with Crippen molar-refractivity contribution in [1.29, 1.82) is 0 Å². The highest BCUT2D eigenvalue weighted by atomic mass is 16.6. The van der Waals surface area contributed by atoms with E-state index in [4.69, 9.17) is 19.0 Å². The van der Waals surface area contributed by atoms with Gasteiger partial charge in [-0.1, -0.05) is 47.1 Å². The number of hydrogen-bond donors (Lipinski definition) is 0. The predicted octanol–water partition coefficient (Wildman–Crippen LogP) is 2.89. The highest BCUT2D eigenvalue weighted by Crippen LogP contribution is 2.42. The molecule has 4 aliphatic rings. The first kappa shape index (κ1) is 25.9. The SMILES string of the molecule is COCC(=O)N1CCOc2cc3c(cc21)OCC1C3=NOC1CN1CCN(CC(C)=Cc2ccccc2)CC1. The van der Waals surface area contributed by atoms with Crippen LogP contribution in [0.1, 0.15) is 18.1 Å². The molecule has 1 saturated heterocycles. The Kier molecular flexibility index (Phi) is 7.54. The van der Waals surface area contributed by atoms with Gasteiger partial charge < -0.3 is 23.9 Å². The lowest BCUT2D eigenvalue weighted by molar-refractivity contribution is -0.122. The number of nitrogens with zero attached hydrogens (tertiary/aromatic N) is 4. The van der Waals surface area contributed by atoms with E-state index in [0.29, 0.717) is 36.9 Å². The van der Waals surface area contributed by atoms with Gasteiger partial charge in [0.1, 0.15) is 37.0 Å². The van der Waals surface area contributed by atoms with Gasteiger partial charge in [-0.25, -0.2) is 0 Å². The van der Waals surface area contributed by atoms with E-state index in [9.17, 15) is 4.79 Å². The van der Waals surface area contributed by atoms with E-state index in [1.807, 2.05) is 12.1 Å². The zero-order valence-electron chi connectivity index (χ0n) is 22.7. The standard InChI is InChI=1S/C30H36N4O5/c1-21(14-22-6-4-3-5-7-22)17-32-8-10-33(11-9-32)18-28-24-19-38-26-16-25-27(15-23(26)30(24)31-39-28)37-13-12-34(25)29(35)20-36-2/h3-7,14-16,24,28H,8-13,17-20H2,1-2H3. The molecular weight excluding hydrogens is 496 g/mol. The lowest BCUT2D eigenvalue weighted by atomic mass is 9.89. The Morgan fingerprint density at radius 1 is 1.05 bits per heavy atom. The van der Waals surface area contributed by atoms with Crippen LogP contribution in [0.3, 0.4) is 0 Å². The van der Waals surface area contributed by atoms with Crippen LogP contribution in [0.15, 0.2) is 53.2 Å². The van der Waals surface area contributed by atoms with Gasteiger partial charge in [-0.2, -0.15) is 0 Å². The van der Waals surface area contributed by atoms with Gasteiger partial charge in [0, 0.05) is 58.0 Å². The average molecular weight is 533 g/mol. The van der Waals surface area contributed by atoms with Crippen molar-refractivity contribution >= 4 is 23.4 Å². The maximum absolute atomic E-state index is 12.5. The van der Waals surface area contributed by atoms with E-state index in [1.165, 1.54) is 18.2 Å². The Hall–Kier alpha value is -3.40. The molecule has 9 heteroatoms. The largest absolute Gasteiger partial charge is 0.492 e. The van der Waals surface area contributed by atoms with Crippen molar-refractivity contribution in [1.82, 2.24) is 9.80 Å². The number of anilines is 1. The third-order valence-electron chi connectivity index (χ3n) is 7.86. The molecule has 4 aliphatic heterocycles. The van der Waals surface area contributed by atoms with Crippen molar-refractivity contribution in [3.05, 3.63) is 59.2 Å². The molecule has 2 aromatic rings. The van der Waals surface area contributed by atoms with Gasteiger partial charge in [0.25, 0.3) is 5.91 Å². The molecule has 2 aromatic carbocycles. The van der Waals surface area contributed by atoms with Gasteiger partial charge in [0.2, 0.25) is 0 Å². The average Bonchev–Trinajstić information content (AvgIpc) is 3.36. The van der Waals surface area contributed by atoms with Gasteiger partial charge in [-0.05, 0) is 18.6 Å². The molecule has 0 aromatic heterocycles. The van der Waals surface area contributed by atoms with Gasteiger partial charge in [0.05, 0.1) is 18.2 Å². The van der Waals surface area contributed by atoms with E-state index >= 15 is 0 Å². The zero-order valence-corrected chi connectivity index (χ0v) is 22.7. The first-order valence-corrected chi connectivity index (χ1v) is 13.7. The second kappa shape index (κ2) is 11.4. The first-order valence-electron chi connectivity index (χ1n) is 13.7. The number of carbonyl (C=O) groups is 1. The number of benzene rings is 2. The minimum Gasteiger partial charge on any atom is -0.492 e. The summed E-state index contributed by atoms with van der Waals surface area (Å²) in [4.78, 5) is 25.2. The smallest absolute Gasteiger partial charge is 0.253 e. The van der Waals surface area contributed by atoms with E-state index in [-0.39, 0.29) is 24.5 Å². The summed E-state index contributed by atoms with van der Waals surface area (Å²) >= 11 is 0. The summed E-state index contributed by atoms with van der Waals surface area (Å²) in [6, 6.07) is 14.3. The fraction of sp³-hybridized carbons (Fsp3) is 0.467. The molecule has 0 N–H and O–H groups in total. The number of oxime groups is 1. The van der Waals surface area contributed by atoms with Crippen LogP contribution in [0.2, 0.25) is 0 Å². The summed E-state index contributed by atoms with van der Waals surface area (Å²) in [5, 5.41) is 4.51. The van der Waals surface area contributed by atoms with E-state index in [2.05, 4.69) is 58.3 Å². The Morgan fingerprint density at radius 2 is 1.85 bits per heavy atom. The predicted molar refractivity (Wildman–Crippen MR) is 150 cm³/mol. The van der Waals surface area contributed by atoms with Crippen molar-refractivity contribution in [2.45, 2.75) is 13.0 Å². The molecule has 2 atom stereocenters. The van der Waals surface area contributed by atoms with Crippen molar-refractivity contribution in [2.24, 2.45) is 11.1 Å². The van der Waals surface area contributed by atoms with Crippen molar-refractivity contribution in [3.63, 3.8) is 0 Å². The minimum atomic E-state index is -0.0974. The van der Waals surface area contributed by atoms with Crippen molar-refractivity contribution < 1.29 is 23.8 Å². The molecule has 0 saturated carbocycles. The van der Waals surface area contributed by atoms with E-state index in [0.717, 1.165) is 50.5 Å². The highest BCUT2D eigenvalue weighted by Gasteiger charge is 2.42. The third kappa shape index (κ3) is 5.52.